The Hall–Kier alpha value is -2.96. The molecular weight excluding hydrogens is 320 g/mol. The van der Waals surface area contributed by atoms with Crippen molar-refractivity contribution >= 4 is 29.1 Å². The van der Waals surface area contributed by atoms with E-state index in [0.29, 0.717) is 17.3 Å². The van der Waals surface area contributed by atoms with E-state index in [-0.39, 0.29) is 30.3 Å². The first-order valence-electron chi connectivity index (χ1n) is 8.26. The molecule has 2 heterocycles. The number of nitrogens with zero attached hydrogens (tertiary/aromatic N) is 2. The van der Waals surface area contributed by atoms with E-state index in [2.05, 4.69) is 29.4 Å². The monoisotopic (exact) mass is 340 g/mol. The molecule has 1 aromatic heterocycles. The first kappa shape index (κ1) is 16.9. The fourth-order valence-corrected chi connectivity index (χ4v) is 2.83. The van der Waals surface area contributed by atoms with E-state index in [9.17, 15) is 14.4 Å². The molecular formula is C18H20N4O3. The van der Waals surface area contributed by atoms with Gasteiger partial charge < -0.3 is 5.32 Å². The lowest BCUT2D eigenvalue weighted by atomic mass is 10.1. The SMILES string of the molecule is CC(C)Cc1cc(C(=O)Nc2ccccc2N2C(=O)CCC2=O)n[nH]1. The molecule has 0 radical (unpaired) electrons. The minimum atomic E-state index is -0.391. The zero-order chi connectivity index (χ0) is 18.0. The molecule has 1 saturated heterocycles. The Morgan fingerprint density at radius 2 is 1.92 bits per heavy atom. The molecule has 1 aliphatic heterocycles. The van der Waals surface area contributed by atoms with Crippen LogP contribution >= 0.6 is 0 Å². The number of hydrogen-bond acceptors (Lipinski definition) is 4. The number of rotatable bonds is 5. The fourth-order valence-electron chi connectivity index (χ4n) is 2.83. The highest BCUT2D eigenvalue weighted by Gasteiger charge is 2.32. The Balaban J connectivity index is 1.81. The lowest BCUT2D eigenvalue weighted by Crippen LogP contribution is -2.29. The van der Waals surface area contributed by atoms with Crippen LogP contribution in [-0.2, 0) is 16.0 Å². The second kappa shape index (κ2) is 6.88. The predicted octanol–water partition coefficient (Wildman–Crippen LogP) is 2.51. The topological polar surface area (TPSA) is 95.2 Å². The summed E-state index contributed by atoms with van der Waals surface area (Å²) in [6, 6.07) is 8.47. The number of anilines is 2. The van der Waals surface area contributed by atoms with Gasteiger partial charge in [0.05, 0.1) is 11.4 Å². The average molecular weight is 340 g/mol. The van der Waals surface area contributed by atoms with Gasteiger partial charge in [-0.1, -0.05) is 26.0 Å². The standard InChI is InChI=1S/C18H20N4O3/c1-11(2)9-12-10-14(21-20-12)18(25)19-13-5-3-4-6-15(13)22-16(23)7-8-17(22)24/h3-6,10-11H,7-9H2,1-2H3,(H,19,25)(H,20,21). The van der Waals surface area contributed by atoms with Crippen LogP contribution in [0.2, 0.25) is 0 Å². The van der Waals surface area contributed by atoms with Gasteiger partial charge in [-0.2, -0.15) is 5.10 Å². The second-order valence-electron chi connectivity index (χ2n) is 6.47. The minimum absolute atomic E-state index is 0.193. The quantitative estimate of drug-likeness (QED) is 0.818. The van der Waals surface area contributed by atoms with Crippen LogP contribution in [0.3, 0.4) is 0 Å². The van der Waals surface area contributed by atoms with E-state index in [1.165, 1.54) is 0 Å². The highest BCUT2D eigenvalue weighted by Crippen LogP contribution is 2.30. The molecule has 0 saturated carbocycles. The third-order valence-electron chi connectivity index (χ3n) is 3.94. The van der Waals surface area contributed by atoms with E-state index < -0.39 is 5.91 Å². The Kier molecular flexibility index (Phi) is 4.65. The lowest BCUT2D eigenvalue weighted by molar-refractivity contribution is -0.121. The first-order valence-corrected chi connectivity index (χ1v) is 8.26. The van der Waals surface area contributed by atoms with Crippen molar-refractivity contribution in [3.63, 3.8) is 0 Å². The van der Waals surface area contributed by atoms with Crippen molar-refractivity contribution < 1.29 is 14.4 Å². The molecule has 7 heteroatoms. The largest absolute Gasteiger partial charge is 0.319 e. The van der Waals surface area contributed by atoms with Crippen LogP contribution in [0.4, 0.5) is 11.4 Å². The number of imide groups is 1. The molecule has 7 nitrogen and oxygen atoms in total. The van der Waals surface area contributed by atoms with E-state index in [1.807, 2.05) is 0 Å². The van der Waals surface area contributed by atoms with Gasteiger partial charge in [0.15, 0.2) is 5.69 Å². The average Bonchev–Trinajstić information content (AvgIpc) is 3.15. The summed E-state index contributed by atoms with van der Waals surface area (Å²) < 4.78 is 0. The molecule has 3 amide bonds. The molecule has 0 spiro atoms. The number of para-hydroxylation sites is 2. The molecule has 0 atom stereocenters. The van der Waals surface area contributed by atoms with Crippen molar-refractivity contribution in [2.75, 3.05) is 10.2 Å². The van der Waals surface area contributed by atoms with Gasteiger partial charge in [-0.3, -0.25) is 19.5 Å². The maximum atomic E-state index is 12.5. The second-order valence-corrected chi connectivity index (χ2v) is 6.47. The normalized spacial score (nSPS) is 14.4. The summed E-state index contributed by atoms with van der Waals surface area (Å²) in [5.74, 6) is -0.460. The number of H-pyrrole nitrogens is 1. The van der Waals surface area contributed by atoms with Gasteiger partial charge in [0.25, 0.3) is 5.91 Å². The molecule has 1 aliphatic rings. The zero-order valence-corrected chi connectivity index (χ0v) is 14.2. The number of amides is 3. The van der Waals surface area contributed by atoms with Gasteiger partial charge in [-0.05, 0) is 30.5 Å². The number of aromatic amines is 1. The van der Waals surface area contributed by atoms with Crippen LogP contribution in [0.5, 0.6) is 0 Å². The Labute approximate surface area is 145 Å². The van der Waals surface area contributed by atoms with Crippen molar-refractivity contribution in [2.24, 2.45) is 5.92 Å². The minimum Gasteiger partial charge on any atom is -0.319 e. The van der Waals surface area contributed by atoms with Crippen molar-refractivity contribution in [1.82, 2.24) is 10.2 Å². The van der Waals surface area contributed by atoms with Gasteiger partial charge in [0.2, 0.25) is 11.8 Å². The summed E-state index contributed by atoms with van der Waals surface area (Å²) in [6.07, 6.45) is 1.19. The maximum absolute atomic E-state index is 12.5. The van der Waals surface area contributed by atoms with Crippen LogP contribution in [-0.4, -0.2) is 27.9 Å². The molecule has 1 aromatic carbocycles. The smallest absolute Gasteiger partial charge is 0.276 e. The van der Waals surface area contributed by atoms with Gasteiger partial charge in [0, 0.05) is 18.5 Å². The molecule has 2 aromatic rings. The molecule has 0 bridgehead atoms. The maximum Gasteiger partial charge on any atom is 0.276 e. The lowest BCUT2D eigenvalue weighted by Gasteiger charge is -2.18. The number of benzene rings is 1. The van der Waals surface area contributed by atoms with Crippen LogP contribution < -0.4 is 10.2 Å². The summed E-state index contributed by atoms with van der Waals surface area (Å²) in [5.41, 5.74) is 1.95. The van der Waals surface area contributed by atoms with Crippen LogP contribution in [0.1, 0.15) is 42.9 Å². The molecule has 2 N–H and O–H groups in total. The van der Waals surface area contributed by atoms with Crippen LogP contribution in [0.15, 0.2) is 30.3 Å². The third kappa shape index (κ3) is 3.60. The van der Waals surface area contributed by atoms with Gasteiger partial charge >= 0.3 is 0 Å². The molecule has 0 unspecified atom stereocenters. The predicted molar refractivity (Wildman–Crippen MR) is 93.3 cm³/mol. The zero-order valence-electron chi connectivity index (χ0n) is 14.2. The molecule has 130 valence electrons. The summed E-state index contributed by atoms with van der Waals surface area (Å²) in [7, 11) is 0. The number of nitrogens with one attached hydrogen (secondary N) is 2. The van der Waals surface area contributed by atoms with Crippen molar-refractivity contribution in [3.8, 4) is 0 Å². The summed E-state index contributed by atoms with van der Waals surface area (Å²) in [6.45, 7) is 4.17. The highest BCUT2D eigenvalue weighted by molar-refractivity contribution is 6.22. The van der Waals surface area contributed by atoms with Crippen molar-refractivity contribution in [3.05, 3.63) is 41.7 Å². The highest BCUT2D eigenvalue weighted by atomic mass is 16.2. The van der Waals surface area contributed by atoms with Crippen molar-refractivity contribution in [1.29, 1.82) is 0 Å². The first-order chi connectivity index (χ1) is 12.0. The number of aromatic nitrogens is 2. The number of carbonyl (C=O) groups excluding carboxylic acids is 3. The van der Waals surface area contributed by atoms with Gasteiger partial charge in [-0.15, -0.1) is 0 Å². The molecule has 3 rings (SSSR count). The molecule has 25 heavy (non-hydrogen) atoms. The summed E-state index contributed by atoms with van der Waals surface area (Å²) >= 11 is 0. The molecule has 0 aliphatic carbocycles. The van der Waals surface area contributed by atoms with Crippen LogP contribution in [0.25, 0.3) is 0 Å². The van der Waals surface area contributed by atoms with Crippen LogP contribution in [0, 0.1) is 5.92 Å². The number of hydrogen-bond donors (Lipinski definition) is 2. The van der Waals surface area contributed by atoms with Crippen molar-refractivity contribution in [2.45, 2.75) is 33.1 Å². The summed E-state index contributed by atoms with van der Waals surface area (Å²) in [4.78, 5) is 37.5. The van der Waals surface area contributed by atoms with Gasteiger partial charge in [-0.25, -0.2) is 4.90 Å². The van der Waals surface area contributed by atoms with E-state index >= 15 is 0 Å². The molecule has 1 fully saturated rings. The number of carbonyl (C=O) groups is 3. The van der Waals surface area contributed by atoms with Gasteiger partial charge in [0.1, 0.15) is 0 Å². The van der Waals surface area contributed by atoms with E-state index in [4.69, 9.17) is 0 Å². The summed E-state index contributed by atoms with van der Waals surface area (Å²) in [5, 5.41) is 9.64. The Morgan fingerprint density at radius 3 is 2.60 bits per heavy atom. The Bertz CT molecular complexity index is 809. The van der Waals surface area contributed by atoms with E-state index in [1.54, 1.807) is 30.3 Å². The fraction of sp³-hybridized carbons (Fsp3) is 0.333. The van der Waals surface area contributed by atoms with E-state index in [0.717, 1.165) is 17.0 Å². The Morgan fingerprint density at radius 1 is 1.24 bits per heavy atom. The third-order valence-corrected chi connectivity index (χ3v) is 3.94.